The van der Waals surface area contributed by atoms with Gasteiger partial charge in [-0.1, -0.05) is 29.8 Å². The summed E-state index contributed by atoms with van der Waals surface area (Å²) < 4.78 is 4.58. The van der Waals surface area contributed by atoms with Gasteiger partial charge in [-0.25, -0.2) is 0 Å². The van der Waals surface area contributed by atoms with Crippen molar-refractivity contribution in [1.82, 2.24) is 9.80 Å². The molecule has 1 rings (SSSR count). The average Bonchev–Trinajstić information content (AvgIpc) is 2.46. The topological polar surface area (TPSA) is 49.9 Å². The maximum Gasteiger partial charge on any atom is 0.306 e. The van der Waals surface area contributed by atoms with Gasteiger partial charge in [0.25, 0.3) is 0 Å². The number of hydrogen-bond acceptors (Lipinski definition) is 4. The van der Waals surface area contributed by atoms with Crippen molar-refractivity contribution < 1.29 is 14.3 Å². The van der Waals surface area contributed by atoms with Gasteiger partial charge >= 0.3 is 5.97 Å². The summed E-state index contributed by atoms with van der Waals surface area (Å²) >= 11 is 0. The molecule has 5 nitrogen and oxygen atoms in total. The third-order valence-corrected chi connectivity index (χ3v) is 3.30. The van der Waals surface area contributed by atoms with Gasteiger partial charge in [-0.2, -0.15) is 0 Å². The van der Waals surface area contributed by atoms with Crippen LogP contribution in [0, 0.1) is 6.92 Å². The van der Waals surface area contributed by atoms with Crippen molar-refractivity contribution in [3.63, 3.8) is 0 Å². The fourth-order valence-corrected chi connectivity index (χ4v) is 1.87. The summed E-state index contributed by atoms with van der Waals surface area (Å²) in [5, 5.41) is 0. The molecule has 0 aliphatic heterocycles. The lowest BCUT2D eigenvalue weighted by atomic mass is 10.1. The number of methoxy groups -OCH3 is 1. The van der Waals surface area contributed by atoms with Crippen LogP contribution in [0.5, 0.6) is 0 Å². The molecular weight excluding hydrogens is 268 g/mol. The van der Waals surface area contributed by atoms with E-state index in [0.29, 0.717) is 26.1 Å². The molecule has 1 aromatic rings. The maximum absolute atomic E-state index is 12.1. The number of aryl methyl sites for hydroxylation is 1. The Bertz CT molecular complexity index is 471. The van der Waals surface area contributed by atoms with Gasteiger partial charge < -0.3 is 9.64 Å². The maximum atomic E-state index is 12.1. The monoisotopic (exact) mass is 292 g/mol. The predicted molar refractivity (Wildman–Crippen MR) is 81.8 cm³/mol. The van der Waals surface area contributed by atoms with Crippen LogP contribution < -0.4 is 0 Å². The minimum Gasteiger partial charge on any atom is -0.469 e. The first-order valence-electron chi connectivity index (χ1n) is 6.97. The summed E-state index contributed by atoms with van der Waals surface area (Å²) in [6.45, 7) is 3.43. The molecule has 0 aromatic heterocycles. The van der Waals surface area contributed by atoms with Gasteiger partial charge in [0, 0.05) is 20.1 Å². The summed E-state index contributed by atoms with van der Waals surface area (Å²) in [6.07, 6.45) is 0.294. The first-order chi connectivity index (χ1) is 9.92. The minimum absolute atomic E-state index is 0.0305. The van der Waals surface area contributed by atoms with Gasteiger partial charge in [-0.05, 0) is 19.5 Å². The van der Waals surface area contributed by atoms with E-state index in [-0.39, 0.29) is 11.9 Å². The second kappa shape index (κ2) is 8.42. The van der Waals surface area contributed by atoms with Crippen LogP contribution in [0.15, 0.2) is 24.3 Å². The number of esters is 1. The normalized spacial score (nSPS) is 10.5. The molecule has 0 unspecified atom stereocenters. The van der Waals surface area contributed by atoms with Crippen LogP contribution in [0.2, 0.25) is 0 Å². The van der Waals surface area contributed by atoms with E-state index in [1.54, 1.807) is 11.9 Å². The van der Waals surface area contributed by atoms with Gasteiger partial charge in [-0.3, -0.25) is 14.5 Å². The van der Waals surface area contributed by atoms with Crippen LogP contribution >= 0.6 is 0 Å². The Balaban J connectivity index is 2.39. The molecule has 0 spiro atoms. The van der Waals surface area contributed by atoms with E-state index in [9.17, 15) is 9.59 Å². The van der Waals surface area contributed by atoms with Crippen LogP contribution in [0.4, 0.5) is 0 Å². The lowest BCUT2D eigenvalue weighted by molar-refractivity contribution is -0.141. The highest BCUT2D eigenvalue weighted by Gasteiger charge is 2.13. The first kappa shape index (κ1) is 17.2. The molecule has 0 bridgehead atoms. The van der Waals surface area contributed by atoms with Crippen LogP contribution in [0.3, 0.4) is 0 Å². The number of hydrogen-bond donors (Lipinski definition) is 0. The van der Waals surface area contributed by atoms with Crippen molar-refractivity contribution in [3.05, 3.63) is 35.4 Å². The highest BCUT2D eigenvalue weighted by Crippen LogP contribution is 2.06. The first-order valence-corrected chi connectivity index (χ1v) is 6.97. The Labute approximate surface area is 126 Å². The Morgan fingerprint density at radius 1 is 1.14 bits per heavy atom. The molecular formula is C16H24N2O3. The second-order valence-corrected chi connectivity index (χ2v) is 5.30. The van der Waals surface area contributed by atoms with Crippen molar-refractivity contribution >= 4 is 11.9 Å². The zero-order chi connectivity index (χ0) is 15.8. The molecule has 0 saturated heterocycles. The minimum atomic E-state index is -0.262. The number of nitrogens with zero attached hydrogens (tertiary/aromatic N) is 2. The van der Waals surface area contributed by atoms with E-state index in [4.69, 9.17) is 0 Å². The molecule has 1 amide bonds. The third kappa shape index (κ3) is 6.40. The van der Waals surface area contributed by atoms with Gasteiger partial charge in [0.2, 0.25) is 5.91 Å². The molecule has 0 N–H and O–H groups in total. The van der Waals surface area contributed by atoms with Crippen molar-refractivity contribution in [3.8, 4) is 0 Å². The summed E-state index contributed by atoms with van der Waals surface area (Å²) in [5.41, 5.74) is 2.31. The van der Waals surface area contributed by atoms with E-state index in [1.807, 2.05) is 43.1 Å². The van der Waals surface area contributed by atoms with E-state index >= 15 is 0 Å². The number of carbonyl (C=O) groups excluding carboxylic acids is 2. The zero-order valence-corrected chi connectivity index (χ0v) is 13.3. The molecule has 0 aliphatic rings. The molecule has 0 heterocycles. The summed E-state index contributed by atoms with van der Waals surface area (Å²) in [4.78, 5) is 26.7. The molecule has 116 valence electrons. The fraction of sp³-hybridized carbons (Fsp3) is 0.500. The molecule has 0 aliphatic carbocycles. The summed E-state index contributed by atoms with van der Waals surface area (Å²) in [7, 11) is 4.97. The fourth-order valence-electron chi connectivity index (χ4n) is 1.87. The molecule has 0 saturated carbocycles. The van der Waals surface area contributed by atoms with Gasteiger partial charge in [-0.15, -0.1) is 0 Å². The predicted octanol–water partition coefficient (Wildman–Crippen LogP) is 1.45. The Morgan fingerprint density at radius 3 is 2.33 bits per heavy atom. The zero-order valence-electron chi connectivity index (χ0n) is 13.3. The Morgan fingerprint density at radius 2 is 1.76 bits per heavy atom. The summed E-state index contributed by atoms with van der Waals surface area (Å²) in [6, 6.07) is 8.13. The standard InChI is InChI=1S/C16H24N2O3/c1-13-5-7-14(8-6-13)11-18(3)15(19)12-17(2)10-9-16(20)21-4/h5-8H,9-12H2,1-4H3. The summed E-state index contributed by atoms with van der Waals surface area (Å²) in [5.74, 6) is -0.231. The lowest BCUT2D eigenvalue weighted by Gasteiger charge is -2.21. The number of rotatable bonds is 7. The van der Waals surface area contributed by atoms with Gasteiger partial charge in [0.15, 0.2) is 0 Å². The Kier molecular flexibility index (Phi) is 6.88. The highest BCUT2D eigenvalue weighted by atomic mass is 16.5. The van der Waals surface area contributed by atoms with E-state index in [1.165, 1.54) is 12.7 Å². The van der Waals surface area contributed by atoms with Crippen LogP contribution in [-0.4, -0.2) is 56.0 Å². The van der Waals surface area contributed by atoms with Crippen LogP contribution in [-0.2, 0) is 20.9 Å². The van der Waals surface area contributed by atoms with Crippen molar-refractivity contribution in [2.75, 3.05) is 34.3 Å². The molecule has 0 atom stereocenters. The van der Waals surface area contributed by atoms with E-state index in [2.05, 4.69) is 4.74 Å². The van der Waals surface area contributed by atoms with Crippen LogP contribution in [0.1, 0.15) is 17.5 Å². The quantitative estimate of drug-likeness (QED) is 0.714. The smallest absolute Gasteiger partial charge is 0.306 e. The van der Waals surface area contributed by atoms with E-state index < -0.39 is 0 Å². The van der Waals surface area contributed by atoms with Crippen molar-refractivity contribution in [2.24, 2.45) is 0 Å². The number of amides is 1. The highest BCUT2D eigenvalue weighted by molar-refractivity contribution is 5.78. The van der Waals surface area contributed by atoms with Crippen molar-refractivity contribution in [2.45, 2.75) is 19.9 Å². The van der Waals surface area contributed by atoms with Gasteiger partial charge in [0.05, 0.1) is 20.1 Å². The molecule has 0 fully saturated rings. The number of carbonyl (C=O) groups is 2. The molecule has 5 heteroatoms. The van der Waals surface area contributed by atoms with E-state index in [0.717, 1.165) is 5.56 Å². The lowest BCUT2D eigenvalue weighted by Crippen LogP contribution is -2.37. The third-order valence-electron chi connectivity index (χ3n) is 3.30. The average molecular weight is 292 g/mol. The van der Waals surface area contributed by atoms with Gasteiger partial charge in [0.1, 0.15) is 0 Å². The number of ether oxygens (including phenoxy) is 1. The molecule has 1 aromatic carbocycles. The SMILES string of the molecule is COC(=O)CCN(C)CC(=O)N(C)Cc1ccc(C)cc1. The van der Waals surface area contributed by atoms with Crippen LogP contribution in [0.25, 0.3) is 0 Å². The molecule has 0 radical (unpaired) electrons. The van der Waals surface area contributed by atoms with Crippen molar-refractivity contribution in [1.29, 1.82) is 0 Å². The Hall–Kier alpha value is -1.88. The number of likely N-dealkylation sites (N-methyl/N-ethyl adjacent to an activating group) is 2. The second-order valence-electron chi connectivity index (χ2n) is 5.30. The largest absolute Gasteiger partial charge is 0.469 e. The number of benzene rings is 1. The molecule has 21 heavy (non-hydrogen) atoms.